The van der Waals surface area contributed by atoms with Crippen molar-refractivity contribution in [2.24, 2.45) is 5.92 Å². The number of rotatable bonds is 5. The Labute approximate surface area is 154 Å². The molecule has 0 aliphatic carbocycles. The maximum absolute atomic E-state index is 11.8. The lowest BCUT2D eigenvalue weighted by Gasteiger charge is -2.31. The van der Waals surface area contributed by atoms with Crippen molar-refractivity contribution < 1.29 is 14.3 Å². The standard InChI is InChI=1S/C21H26N2O3/c1-14(2)21(24)22-17-5-7-18(8-6-17)23-10-9-15-11-19(25-3)20(26-4)12-16(15)13-23/h5-8,11-12,14H,9-10,13H2,1-4H3,(H,22,24). The van der Waals surface area contributed by atoms with E-state index in [4.69, 9.17) is 9.47 Å². The molecule has 1 amide bonds. The Bertz CT molecular complexity index is 785. The van der Waals surface area contributed by atoms with Gasteiger partial charge in [-0.3, -0.25) is 4.79 Å². The molecule has 2 aromatic carbocycles. The zero-order valence-electron chi connectivity index (χ0n) is 15.8. The summed E-state index contributed by atoms with van der Waals surface area (Å²) >= 11 is 0. The number of benzene rings is 2. The highest BCUT2D eigenvalue weighted by atomic mass is 16.5. The van der Waals surface area contributed by atoms with Gasteiger partial charge in [0.2, 0.25) is 5.91 Å². The lowest BCUT2D eigenvalue weighted by atomic mass is 9.98. The van der Waals surface area contributed by atoms with Gasteiger partial charge in [-0.15, -0.1) is 0 Å². The molecule has 0 fully saturated rings. The number of nitrogens with zero attached hydrogens (tertiary/aromatic N) is 1. The van der Waals surface area contributed by atoms with Crippen LogP contribution in [0.25, 0.3) is 0 Å². The van der Waals surface area contributed by atoms with Crippen molar-refractivity contribution in [2.75, 3.05) is 31.0 Å². The minimum absolute atomic E-state index is 0.0276. The van der Waals surface area contributed by atoms with Gasteiger partial charge in [-0.1, -0.05) is 13.8 Å². The second kappa shape index (κ2) is 7.68. The maximum Gasteiger partial charge on any atom is 0.226 e. The fourth-order valence-electron chi connectivity index (χ4n) is 3.15. The van der Waals surface area contributed by atoms with E-state index >= 15 is 0 Å². The van der Waals surface area contributed by atoms with Crippen molar-refractivity contribution in [1.29, 1.82) is 0 Å². The van der Waals surface area contributed by atoms with Crippen LogP contribution in [0.3, 0.4) is 0 Å². The van der Waals surface area contributed by atoms with E-state index in [1.54, 1.807) is 14.2 Å². The van der Waals surface area contributed by atoms with Crippen molar-refractivity contribution in [3.63, 3.8) is 0 Å². The summed E-state index contributed by atoms with van der Waals surface area (Å²) in [5.74, 6) is 1.55. The molecule has 3 rings (SSSR count). The van der Waals surface area contributed by atoms with E-state index in [9.17, 15) is 4.79 Å². The van der Waals surface area contributed by atoms with Crippen LogP contribution in [0, 0.1) is 5.92 Å². The predicted molar refractivity (Wildman–Crippen MR) is 104 cm³/mol. The van der Waals surface area contributed by atoms with Crippen LogP contribution in [0.15, 0.2) is 36.4 Å². The molecular weight excluding hydrogens is 328 g/mol. The Kier molecular flexibility index (Phi) is 5.35. The van der Waals surface area contributed by atoms with E-state index in [0.717, 1.165) is 42.4 Å². The SMILES string of the molecule is COc1cc2c(cc1OC)CN(c1ccc(NC(=O)C(C)C)cc1)CC2. The Morgan fingerprint density at radius 1 is 1.04 bits per heavy atom. The Morgan fingerprint density at radius 2 is 1.65 bits per heavy atom. The van der Waals surface area contributed by atoms with E-state index < -0.39 is 0 Å². The van der Waals surface area contributed by atoms with Gasteiger partial charge in [0, 0.05) is 30.4 Å². The number of amides is 1. The van der Waals surface area contributed by atoms with Gasteiger partial charge >= 0.3 is 0 Å². The first-order chi connectivity index (χ1) is 12.5. The number of methoxy groups -OCH3 is 2. The molecule has 0 bridgehead atoms. The van der Waals surface area contributed by atoms with Crippen molar-refractivity contribution >= 4 is 17.3 Å². The fraction of sp³-hybridized carbons (Fsp3) is 0.381. The van der Waals surface area contributed by atoms with E-state index in [-0.39, 0.29) is 11.8 Å². The first kappa shape index (κ1) is 18.1. The van der Waals surface area contributed by atoms with Gasteiger partial charge in [0.15, 0.2) is 11.5 Å². The summed E-state index contributed by atoms with van der Waals surface area (Å²) in [5, 5.41) is 2.93. The molecule has 2 aromatic rings. The topological polar surface area (TPSA) is 50.8 Å². The monoisotopic (exact) mass is 354 g/mol. The molecule has 5 heteroatoms. The third-order valence-electron chi connectivity index (χ3n) is 4.74. The fourth-order valence-corrected chi connectivity index (χ4v) is 3.15. The Balaban J connectivity index is 1.75. The van der Waals surface area contributed by atoms with Crippen LogP contribution in [0.5, 0.6) is 11.5 Å². The second-order valence-corrected chi connectivity index (χ2v) is 6.84. The Morgan fingerprint density at radius 3 is 2.23 bits per heavy atom. The number of hydrogen-bond donors (Lipinski definition) is 1. The van der Waals surface area contributed by atoms with Gasteiger partial charge in [-0.2, -0.15) is 0 Å². The van der Waals surface area contributed by atoms with Gasteiger partial charge < -0.3 is 19.7 Å². The highest BCUT2D eigenvalue weighted by Gasteiger charge is 2.20. The summed E-state index contributed by atoms with van der Waals surface area (Å²) in [4.78, 5) is 14.1. The number of carbonyl (C=O) groups is 1. The molecule has 5 nitrogen and oxygen atoms in total. The molecule has 1 N–H and O–H groups in total. The summed E-state index contributed by atoms with van der Waals surface area (Å²) in [6.07, 6.45) is 0.960. The molecule has 0 unspecified atom stereocenters. The first-order valence-electron chi connectivity index (χ1n) is 8.91. The average molecular weight is 354 g/mol. The highest BCUT2D eigenvalue weighted by Crippen LogP contribution is 2.34. The Hall–Kier alpha value is -2.69. The van der Waals surface area contributed by atoms with Crippen molar-refractivity contribution in [3.8, 4) is 11.5 Å². The molecule has 1 heterocycles. The van der Waals surface area contributed by atoms with Crippen molar-refractivity contribution in [2.45, 2.75) is 26.8 Å². The summed E-state index contributed by atoms with van der Waals surface area (Å²) < 4.78 is 10.8. The second-order valence-electron chi connectivity index (χ2n) is 6.84. The van der Waals surface area contributed by atoms with E-state index in [2.05, 4.69) is 34.5 Å². The third-order valence-corrected chi connectivity index (χ3v) is 4.74. The molecule has 0 aromatic heterocycles. The molecule has 138 valence electrons. The van der Waals surface area contributed by atoms with Gasteiger partial charge in [0.25, 0.3) is 0 Å². The van der Waals surface area contributed by atoms with Crippen LogP contribution in [0.1, 0.15) is 25.0 Å². The molecule has 1 aliphatic rings. The van der Waals surface area contributed by atoms with Crippen LogP contribution < -0.4 is 19.7 Å². The van der Waals surface area contributed by atoms with Crippen LogP contribution in [-0.2, 0) is 17.8 Å². The molecule has 0 spiro atoms. The summed E-state index contributed by atoms with van der Waals surface area (Å²) in [6, 6.07) is 12.2. The summed E-state index contributed by atoms with van der Waals surface area (Å²) in [6.45, 7) is 5.55. The summed E-state index contributed by atoms with van der Waals surface area (Å²) in [5.41, 5.74) is 4.54. The molecular formula is C21H26N2O3. The van der Waals surface area contributed by atoms with Gasteiger partial charge in [-0.25, -0.2) is 0 Å². The number of hydrogen-bond acceptors (Lipinski definition) is 4. The molecule has 0 saturated heterocycles. The minimum atomic E-state index is -0.0276. The van der Waals surface area contributed by atoms with Crippen LogP contribution in [0.2, 0.25) is 0 Å². The quantitative estimate of drug-likeness (QED) is 0.886. The van der Waals surface area contributed by atoms with Crippen LogP contribution >= 0.6 is 0 Å². The van der Waals surface area contributed by atoms with Crippen LogP contribution in [-0.4, -0.2) is 26.7 Å². The van der Waals surface area contributed by atoms with Gasteiger partial charge in [0.05, 0.1) is 14.2 Å². The lowest BCUT2D eigenvalue weighted by molar-refractivity contribution is -0.118. The average Bonchev–Trinajstić information content (AvgIpc) is 2.66. The molecule has 0 saturated carbocycles. The third kappa shape index (κ3) is 3.77. The lowest BCUT2D eigenvalue weighted by Crippen LogP contribution is -2.30. The minimum Gasteiger partial charge on any atom is -0.493 e. The molecule has 1 aliphatic heterocycles. The van der Waals surface area contributed by atoms with E-state index in [1.807, 2.05) is 26.0 Å². The van der Waals surface area contributed by atoms with E-state index in [0.29, 0.717) is 0 Å². The number of anilines is 2. The number of carbonyl (C=O) groups excluding carboxylic acids is 1. The highest BCUT2D eigenvalue weighted by molar-refractivity contribution is 5.92. The summed E-state index contributed by atoms with van der Waals surface area (Å²) in [7, 11) is 3.33. The zero-order valence-corrected chi connectivity index (χ0v) is 15.8. The smallest absolute Gasteiger partial charge is 0.226 e. The molecule has 0 radical (unpaired) electrons. The maximum atomic E-state index is 11.8. The molecule has 0 atom stereocenters. The normalized spacial score (nSPS) is 13.3. The van der Waals surface area contributed by atoms with E-state index in [1.165, 1.54) is 11.1 Å². The predicted octanol–water partition coefficient (Wildman–Crippen LogP) is 3.86. The largest absolute Gasteiger partial charge is 0.493 e. The van der Waals surface area contributed by atoms with Gasteiger partial charge in [-0.05, 0) is 53.9 Å². The number of fused-ring (bicyclic) bond motifs is 1. The zero-order chi connectivity index (χ0) is 18.7. The van der Waals surface area contributed by atoms with Crippen molar-refractivity contribution in [3.05, 3.63) is 47.5 Å². The van der Waals surface area contributed by atoms with Gasteiger partial charge in [0.1, 0.15) is 0 Å². The number of ether oxygens (including phenoxy) is 2. The first-order valence-corrected chi connectivity index (χ1v) is 8.91. The van der Waals surface area contributed by atoms with Crippen LogP contribution in [0.4, 0.5) is 11.4 Å². The van der Waals surface area contributed by atoms with Crippen molar-refractivity contribution in [1.82, 2.24) is 0 Å². The number of nitrogens with one attached hydrogen (secondary N) is 1. The molecule has 26 heavy (non-hydrogen) atoms.